The number of nitro benzene ring substituents is 1. The molecule has 1 atom stereocenters. The van der Waals surface area contributed by atoms with Crippen molar-refractivity contribution < 1.29 is 19.2 Å². The van der Waals surface area contributed by atoms with Crippen molar-refractivity contribution in [3.05, 3.63) is 57.4 Å². The smallest absolute Gasteiger partial charge is 0.293 e. The van der Waals surface area contributed by atoms with E-state index in [9.17, 15) is 19.7 Å². The van der Waals surface area contributed by atoms with Crippen LogP contribution in [0.15, 0.2) is 30.5 Å². The third kappa shape index (κ3) is 4.27. The minimum Gasteiger partial charge on any atom is -0.488 e. The topological polar surface area (TPSA) is 127 Å². The molecule has 1 unspecified atom stereocenters. The van der Waals surface area contributed by atoms with Crippen molar-refractivity contribution in [1.29, 1.82) is 0 Å². The highest BCUT2D eigenvalue weighted by molar-refractivity contribution is 5.98. The number of rotatable bonds is 5. The maximum atomic E-state index is 12.1. The van der Waals surface area contributed by atoms with Crippen LogP contribution in [0, 0.1) is 10.1 Å². The number of hydrogen-bond acceptors (Lipinski definition) is 7. The highest BCUT2D eigenvalue weighted by atomic mass is 16.6. The maximum Gasteiger partial charge on any atom is 0.293 e. The molecule has 0 bridgehead atoms. The Morgan fingerprint density at radius 2 is 2.23 bits per heavy atom. The number of ether oxygens (including phenoxy) is 1. The molecule has 1 aromatic heterocycles. The molecule has 2 amide bonds. The van der Waals surface area contributed by atoms with Crippen LogP contribution >= 0.6 is 0 Å². The lowest BCUT2D eigenvalue weighted by molar-refractivity contribution is -0.384. The average molecular weight is 425 g/mol. The molecule has 2 N–H and O–H groups in total. The average Bonchev–Trinajstić information content (AvgIpc) is 2.78. The molecule has 1 fully saturated rings. The summed E-state index contributed by atoms with van der Waals surface area (Å²) in [5.41, 5.74) is 1.87. The summed E-state index contributed by atoms with van der Waals surface area (Å²) in [5.74, 6) is -0.0538. The van der Waals surface area contributed by atoms with Crippen LogP contribution in [0.2, 0.25) is 0 Å². The predicted octanol–water partition coefficient (Wildman–Crippen LogP) is 1.68. The number of fused-ring (bicyclic) bond motifs is 1. The summed E-state index contributed by atoms with van der Waals surface area (Å²) in [7, 11) is 1.53. The van der Waals surface area contributed by atoms with E-state index >= 15 is 0 Å². The van der Waals surface area contributed by atoms with Gasteiger partial charge in [-0.1, -0.05) is 0 Å². The molecule has 1 aromatic carbocycles. The number of aromatic nitrogens is 1. The number of hydrogen-bond donors (Lipinski definition) is 2. The Balaban J connectivity index is 1.57. The van der Waals surface area contributed by atoms with E-state index in [4.69, 9.17) is 4.74 Å². The van der Waals surface area contributed by atoms with Crippen LogP contribution in [0.3, 0.4) is 0 Å². The highest BCUT2D eigenvalue weighted by Gasteiger charge is 2.30. The normalized spacial score (nSPS) is 18.0. The van der Waals surface area contributed by atoms with Gasteiger partial charge in [0.1, 0.15) is 23.2 Å². The van der Waals surface area contributed by atoms with E-state index in [1.807, 2.05) is 4.90 Å². The fraction of sp³-hybridized carbons (Fsp3) is 0.381. The third-order valence-corrected chi connectivity index (χ3v) is 5.53. The third-order valence-electron chi connectivity index (χ3n) is 5.53. The molecule has 0 aliphatic carbocycles. The second-order valence-corrected chi connectivity index (χ2v) is 7.55. The van der Waals surface area contributed by atoms with Crippen molar-refractivity contribution in [3.8, 4) is 5.75 Å². The van der Waals surface area contributed by atoms with Gasteiger partial charge in [0.2, 0.25) is 0 Å². The SMILES string of the molecule is CNC(=O)c1cc(OC2CCCN(c3cc4c(cc3[N+](=O)[O-])C(=O)NCC4)C2)ccn1. The van der Waals surface area contributed by atoms with Gasteiger partial charge < -0.3 is 20.3 Å². The number of carbonyl (C=O) groups excluding carboxylic acids is 2. The van der Waals surface area contributed by atoms with Crippen LogP contribution in [0.1, 0.15) is 39.3 Å². The molecule has 0 radical (unpaired) electrons. The molecule has 0 saturated carbocycles. The standard InChI is InChI=1S/C21H23N5O5/c1-22-21(28)17-10-14(5-7-23-17)31-15-3-2-8-25(12-15)18-9-13-4-6-24-20(27)16(13)11-19(18)26(29)30/h5,7,9-11,15H,2-4,6,8,12H2,1H3,(H,22,28)(H,24,27). The molecule has 1 saturated heterocycles. The number of nitro groups is 1. The molecule has 4 rings (SSSR count). The summed E-state index contributed by atoms with van der Waals surface area (Å²) >= 11 is 0. The molecule has 3 heterocycles. The molecule has 2 aromatic rings. The van der Waals surface area contributed by atoms with E-state index in [-0.39, 0.29) is 29.3 Å². The zero-order chi connectivity index (χ0) is 22.0. The van der Waals surface area contributed by atoms with Crippen molar-refractivity contribution in [2.45, 2.75) is 25.4 Å². The molecular formula is C21H23N5O5. The van der Waals surface area contributed by atoms with Crippen molar-refractivity contribution in [1.82, 2.24) is 15.6 Å². The molecule has 10 nitrogen and oxygen atoms in total. The van der Waals surface area contributed by atoms with Gasteiger partial charge in [0.05, 0.1) is 11.5 Å². The highest BCUT2D eigenvalue weighted by Crippen LogP contribution is 2.35. The second kappa shape index (κ2) is 8.58. The first kappa shape index (κ1) is 20.6. The fourth-order valence-electron chi connectivity index (χ4n) is 4.03. The van der Waals surface area contributed by atoms with Crippen molar-refractivity contribution in [2.75, 3.05) is 31.6 Å². The molecule has 162 valence electrons. The Kier molecular flexibility index (Phi) is 5.70. The number of pyridine rings is 1. The predicted molar refractivity (Wildman–Crippen MR) is 113 cm³/mol. The van der Waals surface area contributed by atoms with Crippen LogP contribution in [0.25, 0.3) is 0 Å². The summed E-state index contributed by atoms with van der Waals surface area (Å²) in [6.45, 7) is 1.64. The number of anilines is 1. The molecule has 31 heavy (non-hydrogen) atoms. The van der Waals surface area contributed by atoms with Crippen molar-refractivity contribution >= 4 is 23.2 Å². The number of carbonyl (C=O) groups is 2. The van der Waals surface area contributed by atoms with Crippen LogP contribution in [-0.4, -0.2) is 54.5 Å². The van der Waals surface area contributed by atoms with E-state index in [1.165, 1.54) is 19.3 Å². The van der Waals surface area contributed by atoms with E-state index < -0.39 is 4.92 Å². The monoisotopic (exact) mass is 425 g/mol. The molecule has 10 heteroatoms. The summed E-state index contributed by atoms with van der Waals surface area (Å²) in [6, 6.07) is 6.41. The minimum atomic E-state index is -0.444. The number of nitrogens with zero attached hydrogens (tertiary/aromatic N) is 3. The Labute approximate surface area is 178 Å². The van der Waals surface area contributed by atoms with Gasteiger partial charge in [-0.25, -0.2) is 0 Å². The first-order chi connectivity index (χ1) is 15.0. The van der Waals surface area contributed by atoms with Gasteiger partial charge in [0.15, 0.2) is 0 Å². The Bertz CT molecular complexity index is 1040. The molecule has 2 aliphatic rings. The Hall–Kier alpha value is -3.69. The molecular weight excluding hydrogens is 402 g/mol. The van der Waals surface area contributed by atoms with Gasteiger partial charge in [-0.2, -0.15) is 0 Å². The summed E-state index contributed by atoms with van der Waals surface area (Å²) < 4.78 is 6.08. The van der Waals surface area contributed by atoms with Gasteiger partial charge in [0.25, 0.3) is 17.5 Å². The fourth-order valence-corrected chi connectivity index (χ4v) is 4.03. The number of benzene rings is 1. The van der Waals surface area contributed by atoms with Gasteiger partial charge in [-0.15, -0.1) is 0 Å². The summed E-state index contributed by atoms with van der Waals surface area (Å²) in [4.78, 5) is 41.2. The van der Waals surface area contributed by atoms with Gasteiger partial charge in [-0.05, 0) is 37.0 Å². The number of piperidine rings is 1. The van der Waals surface area contributed by atoms with Crippen LogP contribution in [0.5, 0.6) is 5.75 Å². The quantitative estimate of drug-likeness (QED) is 0.551. The van der Waals surface area contributed by atoms with Gasteiger partial charge in [-0.3, -0.25) is 24.7 Å². The first-order valence-electron chi connectivity index (χ1n) is 10.2. The second-order valence-electron chi connectivity index (χ2n) is 7.55. The Morgan fingerprint density at radius 3 is 3.00 bits per heavy atom. The van der Waals surface area contributed by atoms with Gasteiger partial charge >= 0.3 is 0 Å². The zero-order valence-corrected chi connectivity index (χ0v) is 17.1. The van der Waals surface area contributed by atoms with E-state index in [0.717, 1.165) is 18.4 Å². The minimum absolute atomic E-state index is 0.0812. The van der Waals surface area contributed by atoms with Crippen LogP contribution < -0.4 is 20.3 Å². The van der Waals surface area contributed by atoms with Crippen LogP contribution in [0.4, 0.5) is 11.4 Å². The number of nitrogens with one attached hydrogen (secondary N) is 2. The lowest BCUT2D eigenvalue weighted by Crippen LogP contribution is -2.41. The maximum absolute atomic E-state index is 12.1. The molecule has 2 aliphatic heterocycles. The van der Waals surface area contributed by atoms with Gasteiger partial charge in [0, 0.05) is 44.0 Å². The lowest BCUT2D eigenvalue weighted by atomic mass is 9.97. The Morgan fingerprint density at radius 1 is 1.39 bits per heavy atom. The largest absolute Gasteiger partial charge is 0.488 e. The molecule has 0 spiro atoms. The van der Waals surface area contributed by atoms with E-state index in [2.05, 4.69) is 15.6 Å². The lowest BCUT2D eigenvalue weighted by Gasteiger charge is -2.34. The van der Waals surface area contributed by atoms with E-state index in [0.29, 0.717) is 43.1 Å². The van der Waals surface area contributed by atoms with E-state index in [1.54, 1.807) is 18.2 Å². The summed E-state index contributed by atoms with van der Waals surface area (Å²) in [6.07, 6.45) is 3.54. The number of amides is 2. The zero-order valence-electron chi connectivity index (χ0n) is 17.1. The van der Waals surface area contributed by atoms with Crippen molar-refractivity contribution in [3.63, 3.8) is 0 Å². The van der Waals surface area contributed by atoms with Crippen LogP contribution in [-0.2, 0) is 6.42 Å². The first-order valence-corrected chi connectivity index (χ1v) is 10.2. The van der Waals surface area contributed by atoms with Crippen molar-refractivity contribution in [2.24, 2.45) is 0 Å². The summed E-state index contributed by atoms with van der Waals surface area (Å²) in [5, 5.41) is 17.0.